The van der Waals surface area contributed by atoms with Crippen LogP contribution in [0.1, 0.15) is 52.8 Å². The van der Waals surface area contributed by atoms with Gasteiger partial charge in [0.15, 0.2) is 9.84 Å². The fourth-order valence-corrected chi connectivity index (χ4v) is 5.24. The summed E-state index contributed by atoms with van der Waals surface area (Å²) in [6, 6.07) is 1.39. The summed E-state index contributed by atoms with van der Waals surface area (Å²) >= 11 is 0. The van der Waals surface area contributed by atoms with Gasteiger partial charge in [0, 0.05) is 31.5 Å². The monoisotopic (exact) mass is 365 g/mol. The van der Waals surface area contributed by atoms with Crippen molar-refractivity contribution in [1.29, 1.82) is 0 Å². The molecular formula is C17H23N3O4S. The smallest absolute Gasteiger partial charge is 0.255 e. The Morgan fingerprint density at radius 3 is 2.48 bits per heavy atom. The number of aromatic nitrogens is 1. The molecule has 1 atom stereocenters. The number of hydrogen-bond donors (Lipinski definition) is 1. The van der Waals surface area contributed by atoms with Gasteiger partial charge in [-0.15, -0.1) is 0 Å². The lowest BCUT2D eigenvalue weighted by atomic mass is 10.1. The lowest BCUT2D eigenvalue weighted by Gasteiger charge is -2.23. The van der Waals surface area contributed by atoms with Crippen LogP contribution in [0.3, 0.4) is 0 Å². The number of nitrogens with zero attached hydrogens (tertiary/aromatic N) is 2. The summed E-state index contributed by atoms with van der Waals surface area (Å²) in [5.41, 5.74) is 0.649. The summed E-state index contributed by atoms with van der Waals surface area (Å²) < 4.78 is 23.2. The number of nitrogens with one attached hydrogen (secondary N) is 1. The molecule has 7 nitrogen and oxygen atoms in total. The van der Waals surface area contributed by atoms with Gasteiger partial charge >= 0.3 is 0 Å². The van der Waals surface area contributed by atoms with E-state index in [4.69, 9.17) is 0 Å². The normalized spacial score (nSPS) is 22.7. The summed E-state index contributed by atoms with van der Waals surface area (Å²) in [5.74, 6) is -0.438. The molecule has 2 aliphatic rings. The first-order valence-electron chi connectivity index (χ1n) is 8.59. The summed E-state index contributed by atoms with van der Waals surface area (Å²) in [6.45, 7) is 0. The molecule has 25 heavy (non-hydrogen) atoms. The Morgan fingerprint density at radius 1 is 1.16 bits per heavy atom. The van der Waals surface area contributed by atoms with Crippen LogP contribution in [-0.4, -0.2) is 60.8 Å². The summed E-state index contributed by atoms with van der Waals surface area (Å²) in [4.78, 5) is 30.4. The second-order valence-corrected chi connectivity index (χ2v) is 9.12. The molecule has 1 unspecified atom stereocenters. The second kappa shape index (κ2) is 7.11. The van der Waals surface area contributed by atoms with Gasteiger partial charge in [0.2, 0.25) is 0 Å². The van der Waals surface area contributed by atoms with Gasteiger partial charge in [-0.3, -0.25) is 14.6 Å². The molecule has 2 amide bonds. The van der Waals surface area contributed by atoms with Gasteiger partial charge in [-0.25, -0.2) is 8.42 Å². The summed E-state index contributed by atoms with van der Waals surface area (Å²) in [7, 11) is -1.47. The molecule has 136 valence electrons. The van der Waals surface area contributed by atoms with Crippen molar-refractivity contribution in [2.45, 2.75) is 44.2 Å². The van der Waals surface area contributed by atoms with Crippen molar-refractivity contribution in [3.8, 4) is 0 Å². The minimum Gasteiger partial charge on any atom is -0.349 e. The third-order valence-corrected chi connectivity index (χ3v) is 6.76. The largest absolute Gasteiger partial charge is 0.349 e. The Morgan fingerprint density at radius 2 is 1.84 bits per heavy atom. The molecule has 0 bridgehead atoms. The zero-order chi connectivity index (χ0) is 18.0. The van der Waals surface area contributed by atoms with E-state index in [1.807, 2.05) is 0 Å². The highest BCUT2D eigenvalue weighted by molar-refractivity contribution is 7.91. The molecule has 0 radical (unpaired) electrons. The Labute approximate surface area is 147 Å². The molecule has 1 aliphatic heterocycles. The van der Waals surface area contributed by atoms with Gasteiger partial charge in [-0.1, -0.05) is 12.8 Å². The Balaban J connectivity index is 1.69. The SMILES string of the molecule is CN(C(=O)c1cncc(C(=O)NC2CCCC2)c1)C1CCS(=O)(=O)C1. The van der Waals surface area contributed by atoms with Gasteiger partial charge in [0.1, 0.15) is 0 Å². The molecule has 1 saturated carbocycles. The molecule has 8 heteroatoms. The topological polar surface area (TPSA) is 96.4 Å². The van der Waals surface area contributed by atoms with Gasteiger partial charge < -0.3 is 10.2 Å². The highest BCUT2D eigenvalue weighted by atomic mass is 32.2. The van der Waals surface area contributed by atoms with E-state index in [0.29, 0.717) is 17.5 Å². The number of sulfone groups is 1. The van der Waals surface area contributed by atoms with E-state index in [-0.39, 0.29) is 35.4 Å². The van der Waals surface area contributed by atoms with Crippen LogP contribution < -0.4 is 5.32 Å². The predicted octanol–water partition coefficient (Wildman–Crippen LogP) is 1.01. The minimum absolute atomic E-state index is 0.00940. The Hall–Kier alpha value is -1.96. The minimum atomic E-state index is -3.06. The van der Waals surface area contributed by atoms with E-state index in [2.05, 4.69) is 10.3 Å². The average Bonchev–Trinajstić information content (AvgIpc) is 3.22. The summed E-state index contributed by atoms with van der Waals surface area (Å²) in [6.07, 6.45) is 7.51. The zero-order valence-corrected chi connectivity index (χ0v) is 15.1. The fraction of sp³-hybridized carbons (Fsp3) is 0.588. The Bertz CT molecular complexity index is 772. The molecule has 0 spiro atoms. The molecule has 1 aromatic heterocycles. The standard InChI is InChI=1S/C17H23N3O4S/c1-20(15-6-7-25(23,24)11-15)17(22)13-8-12(9-18-10-13)16(21)19-14-4-2-3-5-14/h8-10,14-15H,2-7,11H2,1H3,(H,19,21). The number of rotatable bonds is 4. The van der Waals surface area contributed by atoms with Gasteiger partial charge in [0.25, 0.3) is 11.8 Å². The van der Waals surface area contributed by atoms with Crippen molar-refractivity contribution < 1.29 is 18.0 Å². The van der Waals surface area contributed by atoms with Crippen molar-refractivity contribution in [1.82, 2.24) is 15.2 Å². The van der Waals surface area contributed by atoms with E-state index in [1.54, 1.807) is 7.05 Å². The first-order valence-corrected chi connectivity index (χ1v) is 10.4. The molecule has 1 N–H and O–H groups in total. The lowest BCUT2D eigenvalue weighted by molar-refractivity contribution is 0.0747. The molecule has 3 rings (SSSR count). The van der Waals surface area contributed by atoms with Crippen LogP contribution >= 0.6 is 0 Å². The zero-order valence-electron chi connectivity index (χ0n) is 14.3. The van der Waals surface area contributed by atoms with Crippen LogP contribution in [0.5, 0.6) is 0 Å². The summed E-state index contributed by atoms with van der Waals surface area (Å²) in [5, 5.41) is 2.97. The molecule has 2 heterocycles. The van der Waals surface area contributed by atoms with E-state index in [9.17, 15) is 18.0 Å². The second-order valence-electron chi connectivity index (χ2n) is 6.89. The van der Waals surface area contributed by atoms with E-state index >= 15 is 0 Å². The van der Waals surface area contributed by atoms with Crippen LogP contribution in [0.25, 0.3) is 0 Å². The number of pyridine rings is 1. The van der Waals surface area contributed by atoms with Crippen molar-refractivity contribution >= 4 is 21.7 Å². The number of amides is 2. The highest BCUT2D eigenvalue weighted by Gasteiger charge is 2.33. The van der Waals surface area contributed by atoms with Crippen LogP contribution in [0.2, 0.25) is 0 Å². The van der Waals surface area contributed by atoms with Crippen molar-refractivity contribution in [2.75, 3.05) is 18.6 Å². The first kappa shape index (κ1) is 17.8. The fourth-order valence-electron chi connectivity index (χ4n) is 3.47. The number of carbonyl (C=O) groups excluding carboxylic acids is 2. The third-order valence-electron chi connectivity index (χ3n) is 5.01. The average molecular weight is 365 g/mol. The molecule has 0 aromatic carbocycles. The van der Waals surface area contributed by atoms with E-state index in [0.717, 1.165) is 25.7 Å². The highest BCUT2D eigenvalue weighted by Crippen LogP contribution is 2.20. The molecule has 1 aromatic rings. The van der Waals surface area contributed by atoms with Crippen LogP contribution in [-0.2, 0) is 9.84 Å². The van der Waals surface area contributed by atoms with Gasteiger partial charge in [-0.2, -0.15) is 0 Å². The Kier molecular flexibility index (Phi) is 5.08. The molecule has 2 fully saturated rings. The maximum Gasteiger partial charge on any atom is 0.255 e. The number of hydrogen-bond acceptors (Lipinski definition) is 5. The maximum atomic E-state index is 12.6. The van der Waals surface area contributed by atoms with Crippen LogP contribution in [0.4, 0.5) is 0 Å². The van der Waals surface area contributed by atoms with Gasteiger partial charge in [0.05, 0.1) is 22.6 Å². The predicted molar refractivity (Wildman–Crippen MR) is 93.1 cm³/mol. The van der Waals surface area contributed by atoms with Crippen LogP contribution in [0, 0.1) is 0 Å². The quantitative estimate of drug-likeness (QED) is 0.859. The van der Waals surface area contributed by atoms with Crippen molar-refractivity contribution in [3.63, 3.8) is 0 Å². The maximum absolute atomic E-state index is 12.6. The third kappa shape index (κ3) is 4.18. The van der Waals surface area contributed by atoms with Crippen LogP contribution in [0.15, 0.2) is 18.5 Å². The van der Waals surface area contributed by atoms with Gasteiger partial charge in [-0.05, 0) is 25.3 Å². The molecular weight excluding hydrogens is 342 g/mol. The first-order chi connectivity index (χ1) is 11.9. The lowest BCUT2D eigenvalue weighted by Crippen LogP contribution is -2.38. The van der Waals surface area contributed by atoms with Crippen molar-refractivity contribution in [2.24, 2.45) is 0 Å². The number of carbonyl (C=O) groups is 2. The molecule has 1 aliphatic carbocycles. The van der Waals surface area contributed by atoms with E-state index < -0.39 is 9.84 Å². The molecule has 1 saturated heterocycles. The van der Waals surface area contributed by atoms with E-state index in [1.165, 1.54) is 23.4 Å². The van der Waals surface area contributed by atoms with Crippen molar-refractivity contribution in [3.05, 3.63) is 29.6 Å².